The number of methoxy groups -OCH3 is 2. The van der Waals surface area contributed by atoms with Gasteiger partial charge < -0.3 is 71.0 Å². The first kappa shape index (κ1) is 88.1. The van der Waals surface area contributed by atoms with Crippen molar-refractivity contribution in [3.8, 4) is 0 Å². The van der Waals surface area contributed by atoms with Crippen LogP contribution in [0.4, 0.5) is 21.2 Å². The summed E-state index contributed by atoms with van der Waals surface area (Å²) in [4.78, 5) is 165. The van der Waals surface area contributed by atoms with Crippen molar-refractivity contribution < 1.29 is 86.0 Å². The number of ether oxygens (including phenoxy) is 6. The monoisotopic (exact) mass is 1600 g/mol. The molecule has 0 aliphatic carbocycles. The number of hydrogen-bond acceptors (Lipinski definition) is 19. The number of anilines is 2. The Morgan fingerprint density at radius 3 is 0.975 bits per heavy atom. The maximum absolute atomic E-state index is 14.1. The third kappa shape index (κ3) is 29.5. The quantitative estimate of drug-likeness (QED) is 0.0134. The zero-order valence-electron chi connectivity index (χ0n) is 67.0. The number of alkyl carbamates (subject to hydrolysis) is 2. The summed E-state index contributed by atoms with van der Waals surface area (Å²) in [6.45, 7) is 10.7. The fourth-order valence-electron chi connectivity index (χ4n) is 11.9. The second-order valence-corrected chi connectivity index (χ2v) is 29.8. The van der Waals surface area contributed by atoms with Crippen molar-refractivity contribution in [3.63, 3.8) is 0 Å². The minimum atomic E-state index is -1.37. The van der Waals surface area contributed by atoms with E-state index < -0.39 is 107 Å². The first-order valence-electron chi connectivity index (χ1n) is 38.3. The van der Waals surface area contributed by atoms with Gasteiger partial charge in [-0.2, -0.15) is 0 Å². The molecule has 1 aromatic heterocycles. The molecule has 1 heterocycles. The maximum atomic E-state index is 14.1. The lowest BCUT2D eigenvalue weighted by Gasteiger charge is -2.23. The minimum Gasteiger partial charge on any atom is -0.469 e. The Hall–Kier alpha value is -13.9. The van der Waals surface area contributed by atoms with Gasteiger partial charge in [0.25, 0.3) is 11.8 Å². The molecule has 614 valence electrons. The van der Waals surface area contributed by atoms with Gasteiger partial charge in [0.15, 0.2) is 0 Å². The minimum absolute atomic E-state index is 0.0314. The average Bonchev–Trinajstić information content (AvgIpc) is 0.842. The summed E-state index contributed by atoms with van der Waals surface area (Å²) < 4.78 is 31.6. The molecule has 9 aromatic rings. The number of rotatable bonds is 36. The van der Waals surface area contributed by atoms with Crippen molar-refractivity contribution in [3.05, 3.63) is 302 Å². The predicted octanol–water partition coefficient (Wildman–Crippen LogP) is 11.9. The highest BCUT2D eigenvalue weighted by Crippen LogP contribution is 2.21. The van der Waals surface area contributed by atoms with Crippen LogP contribution in [-0.2, 0) is 109 Å². The maximum Gasteiger partial charge on any atom is 0.408 e. The number of esters is 4. The van der Waals surface area contributed by atoms with Gasteiger partial charge in [-0.05, 0) is 184 Å². The summed E-state index contributed by atoms with van der Waals surface area (Å²) in [5, 5.41) is 21.7. The largest absolute Gasteiger partial charge is 0.469 e. The van der Waals surface area contributed by atoms with E-state index in [1.165, 1.54) is 56.7 Å². The number of hydrogen-bond donors (Lipinski definition) is 8. The molecule has 9 rings (SSSR count). The van der Waals surface area contributed by atoms with Crippen LogP contribution in [-0.4, -0.2) is 126 Å². The molecule has 0 aliphatic heterocycles. The number of nitrogens with one attached hydrogen (secondary N) is 8. The zero-order valence-corrected chi connectivity index (χ0v) is 67.0. The normalized spacial score (nSPS) is 12.1. The molecule has 0 aliphatic rings. The fraction of sp³-hybridized carbons (Fsp3) is 0.286. The van der Waals surface area contributed by atoms with Crippen LogP contribution in [0, 0.1) is 0 Å². The van der Waals surface area contributed by atoms with E-state index in [1.807, 2.05) is 133 Å². The Morgan fingerprint density at radius 1 is 0.331 bits per heavy atom. The third-order valence-corrected chi connectivity index (χ3v) is 18.2. The Morgan fingerprint density at radius 2 is 0.644 bits per heavy atom. The number of amides is 8. The molecule has 0 fully saturated rings. The summed E-state index contributed by atoms with van der Waals surface area (Å²) in [6.07, 6.45) is -1.62. The summed E-state index contributed by atoms with van der Waals surface area (Å²) in [7, 11) is 2.34. The number of pyridine rings is 1. The third-order valence-electron chi connectivity index (χ3n) is 18.2. The van der Waals surface area contributed by atoms with Gasteiger partial charge in [0, 0.05) is 49.9 Å². The molecule has 118 heavy (non-hydrogen) atoms. The molecule has 8 N–H and O–H groups in total. The van der Waals surface area contributed by atoms with Gasteiger partial charge in [0.2, 0.25) is 23.6 Å². The van der Waals surface area contributed by atoms with Gasteiger partial charge in [-0.1, -0.05) is 164 Å². The van der Waals surface area contributed by atoms with E-state index in [2.05, 4.69) is 47.5 Å². The second-order valence-electron chi connectivity index (χ2n) is 29.8. The smallest absolute Gasteiger partial charge is 0.408 e. The van der Waals surface area contributed by atoms with Gasteiger partial charge in [-0.25, -0.2) is 24.2 Å². The van der Waals surface area contributed by atoms with Gasteiger partial charge in [0.1, 0.15) is 60.2 Å². The Labute approximate surface area is 684 Å². The average molecular weight is 1600 g/mol. The topological polar surface area (TPSA) is 369 Å². The zero-order chi connectivity index (χ0) is 84.7. The van der Waals surface area contributed by atoms with E-state index >= 15 is 0 Å². The number of nitrogens with zero attached hydrogens (tertiary/aromatic N) is 1. The van der Waals surface area contributed by atoms with E-state index in [9.17, 15) is 57.5 Å². The Balaban J connectivity index is 0.777. The van der Waals surface area contributed by atoms with Crippen LogP contribution in [0.2, 0.25) is 0 Å². The molecule has 8 amide bonds. The van der Waals surface area contributed by atoms with E-state index in [0.717, 1.165) is 44.5 Å². The standard InChI is InChI=1S/C91H97N9O18/c1-90(2,3)117-88(111)96-74(82(105)92-54-64-26-22-58(23-27-64)50-60-34-42-70(43-35-60)86(109)115-56-66-16-11-9-12-17-66)52-62-30-38-68(39-31-62)80(103)94-72(46-48-78(101)113-7)84(107)99-76-20-15-21-77(98-76)100-85(108)73(47-49-79(102)114-8)95-81(104)69-40-32-63(33-41-69)53-75(97-89(112)118-91(4,5)6)83(106)93-55-65-28-24-59(25-29-65)51-61-36-44-71(45-37-61)87(110)116-57-67-18-13-10-14-19-67/h9-45,72-75H,46-57H2,1-8H3,(H,92,105)(H,93,106)(H,94,103)(H,95,104)(H,96,111)(H,97,112)(H2,98,99,100,107,108)/t72-,73-,74-,75-/m0/s1. The number of carbonyl (C=O) groups excluding carboxylic acids is 12. The molecular weight excluding hydrogens is 1510 g/mol. The van der Waals surface area contributed by atoms with Crippen molar-refractivity contribution in [2.45, 2.75) is 155 Å². The van der Waals surface area contributed by atoms with Crippen molar-refractivity contribution in [2.75, 3.05) is 24.9 Å². The summed E-state index contributed by atoms with van der Waals surface area (Å²) in [6, 6.07) is 59.9. The molecule has 0 saturated carbocycles. The lowest BCUT2D eigenvalue weighted by Crippen LogP contribution is -2.49. The first-order chi connectivity index (χ1) is 56.5. The van der Waals surface area contributed by atoms with Crippen LogP contribution in [0.1, 0.15) is 164 Å². The molecule has 0 saturated heterocycles. The number of carbonyl (C=O) groups is 12. The van der Waals surface area contributed by atoms with Crippen LogP contribution in [0.25, 0.3) is 0 Å². The van der Waals surface area contributed by atoms with Crippen molar-refractivity contribution in [2.24, 2.45) is 0 Å². The highest BCUT2D eigenvalue weighted by Gasteiger charge is 2.30. The van der Waals surface area contributed by atoms with Gasteiger partial charge in [-0.15, -0.1) is 0 Å². The molecule has 0 spiro atoms. The molecule has 27 nitrogen and oxygen atoms in total. The molecular formula is C91H97N9O18. The van der Waals surface area contributed by atoms with E-state index in [0.29, 0.717) is 35.1 Å². The lowest BCUT2D eigenvalue weighted by molar-refractivity contribution is -0.141. The van der Waals surface area contributed by atoms with Crippen LogP contribution < -0.4 is 42.5 Å². The van der Waals surface area contributed by atoms with Crippen LogP contribution in [0.15, 0.2) is 224 Å². The summed E-state index contributed by atoms with van der Waals surface area (Å²) >= 11 is 0. The predicted molar refractivity (Wildman–Crippen MR) is 439 cm³/mol. The second kappa shape index (κ2) is 43.0. The van der Waals surface area contributed by atoms with E-state index in [1.54, 1.807) is 90.1 Å². The Bertz CT molecular complexity index is 4630. The molecule has 0 bridgehead atoms. The molecule has 8 aromatic carbocycles. The highest BCUT2D eigenvalue weighted by molar-refractivity contribution is 6.03. The van der Waals surface area contributed by atoms with Gasteiger partial charge >= 0.3 is 36.1 Å². The van der Waals surface area contributed by atoms with Crippen LogP contribution in [0.5, 0.6) is 0 Å². The van der Waals surface area contributed by atoms with E-state index in [-0.39, 0.29) is 87.6 Å². The SMILES string of the molecule is COC(=O)CC[C@H](NC(=O)c1ccc(C[C@H](NC(=O)OC(C)(C)C)C(=O)NCc2ccc(Cc3ccc(C(=O)OCc4ccccc4)cc3)cc2)cc1)C(=O)Nc1cccc(NC(=O)[C@H](CCC(=O)OC)NC(=O)c2ccc(C[C@H](NC(=O)OC(C)(C)C)C(=O)NCc3ccc(Cc4ccc(C(=O)OCc5ccccc5)cc4)cc3)cc2)n1. The first-order valence-corrected chi connectivity index (χ1v) is 38.3. The summed E-state index contributed by atoms with van der Waals surface area (Å²) in [5.74, 6) is -6.50. The molecule has 0 radical (unpaired) electrons. The fourth-order valence-corrected chi connectivity index (χ4v) is 11.9. The number of aromatic nitrogens is 1. The lowest BCUT2D eigenvalue weighted by atomic mass is 10.0. The van der Waals surface area contributed by atoms with E-state index in [4.69, 9.17) is 28.4 Å². The highest BCUT2D eigenvalue weighted by atomic mass is 16.6. The van der Waals surface area contributed by atoms with Crippen LogP contribution >= 0.6 is 0 Å². The van der Waals surface area contributed by atoms with Crippen molar-refractivity contribution in [1.82, 2.24) is 36.9 Å². The van der Waals surface area contributed by atoms with Crippen LogP contribution in [0.3, 0.4) is 0 Å². The number of benzene rings is 8. The van der Waals surface area contributed by atoms with Crippen molar-refractivity contribution in [1.29, 1.82) is 0 Å². The van der Waals surface area contributed by atoms with Crippen molar-refractivity contribution >= 4 is 83.1 Å². The molecule has 27 heteroatoms. The molecule has 4 atom stereocenters. The summed E-state index contributed by atoms with van der Waals surface area (Å²) in [5.41, 5.74) is 7.60. The Kier molecular flexibility index (Phi) is 32.1. The molecule has 0 unspecified atom stereocenters. The van der Waals surface area contributed by atoms with Gasteiger partial charge in [-0.3, -0.25) is 38.4 Å². The van der Waals surface area contributed by atoms with Gasteiger partial charge in [0.05, 0.1) is 25.3 Å².